The first-order valence-corrected chi connectivity index (χ1v) is 6.75. The molecule has 2 aromatic rings. The van der Waals surface area contributed by atoms with E-state index in [-0.39, 0.29) is 11.1 Å². The van der Waals surface area contributed by atoms with Crippen LogP contribution in [0.25, 0.3) is 10.9 Å². The highest BCUT2D eigenvalue weighted by Gasteiger charge is 2.22. The van der Waals surface area contributed by atoms with E-state index < -0.39 is 12.1 Å². The second-order valence-corrected chi connectivity index (χ2v) is 5.18. The number of carbonyl (C=O) groups excluding carboxylic acids is 2. The largest absolute Gasteiger partial charge is 0.449 e. The molecule has 0 fully saturated rings. The van der Waals surface area contributed by atoms with Crippen LogP contribution in [0, 0.1) is 0 Å². The standard InChI is InChI=1S/C15H15ClN2O3/c1-9(14(19)18(2)3)21-15(20)11-8-13(16)17-12-7-5-4-6-10(11)12/h4-9H,1-3H3/t9-/m1/s1. The lowest BCUT2D eigenvalue weighted by molar-refractivity contribution is -0.137. The Morgan fingerprint density at radius 3 is 2.62 bits per heavy atom. The van der Waals surface area contributed by atoms with Gasteiger partial charge < -0.3 is 9.64 Å². The number of likely N-dealkylation sites (N-methyl/N-ethyl adjacent to an activating group) is 1. The SMILES string of the molecule is C[C@@H](OC(=O)c1cc(Cl)nc2ccccc12)C(=O)N(C)C. The van der Waals surface area contributed by atoms with Crippen molar-refractivity contribution in [1.82, 2.24) is 9.88 Å². The van der Waals surface area contributed by atoms with Crippen LogP contribution in [-0.4, -0.2) is 42.0 Å². The fourth-order valence-electron chi connectivity index (χ4n) is 1.95. The van der Waals surface area contributed by atoms with Crippen LogP contribution in [-0.2, 0) is 9.53 Å². The summed E-state index contributed by atoms with van der Waals surface area (Å²) in [6.07, 6.45) is -0.863. The van der Waals surface area contributed by atoms with Gasteiger partial charge in [0, 0.05) is 19.5 Å². The van der Waals surface area contributed by atoms with Crippen molar-refractivity contribution in [3.05, 3.63) is 41.0 Å². The van der Waals surface area contributed by atoms with Crippen LogP contribution in [0.2, 0.25) is 5.15 Å². The average Bonchev–Trinajstić information content (AvgIpc) is 2.45. The number of aromatic nitrogens is 1. The predicted octanol–water partition coefficient (Wildman–Crippen LogP) is 2.52. The number of carbonyl (C=O) groups is 2. The number of esters is 1. The molecule has 0 N–H and O–H groups in total. The molecule has 0 bridgehead atoms. The first-order chi connectivity index (χ1) is 9.90. The van der Waals surface area contributed by atoms with Crippen LogP contribution in [0.15, 0.2) is 30.3 Å². The zero-order valence-electron chi connectivity index (χ0n) is 12.0. The van der Waals surface area contributed by atoms with Crippen molar-refractivity contribution >= 4 is 34.4 Å². The van der Waals surface area contributed by atoms with Crippen molar-refractivity contribution in [2.45, 2.75) is 13.0 Å². The first-order valence-electron chi connectivity index (χ1n) is 6.37. The van der Waals surface area contributed by atoms with E-state index in [1.807, 2.05) is 0 Å². The lowest BCUT2D eigenvalue weighted by Crippen LogP contribution is -2.34. The minimum atomic E-state index is -0.863. The lowest BCUT2D eigenvalue weighted by Gasteiger charge is -2.17. The van der Waals surface area contributed by atoms with Gasteiger partial charge in [-0.15, -0.1) is 0 Å². The molecule has 0 aliphatic rings. The summed E-state index contributed by atoms with van der Waals surface area (Å²) >= 11 is 5.92. The van der Waals surface area contributed by atoms with Crippen molar-refractivity contribution in [1.29, 1.82) is 0 Å². The van der Waals surface area contributed by atoms with Gasteiger partial charge in [-0.05, 0) is 19.1 Å². The summed E-state index contributed by atoms with van der Waals surface area (Å²) in [7, 11) is 3.21. The molecule has 0 aliphatic carbocycles. The van der Waals surface area contributed by atoms with Gasteiger partial charge in [0.05, 0.1) is 11.1 Å². The molecule has 0 spiro atoms. The van der Waals surface area contributed by atoms with Gasteiger partial charge in [0.15, 0.2) is 6.10 Å². The smallest absolute Gasteiger partial charge is 0.339 e. The molecule has 21 heavy (non-hydrogen) atoms. The molecule has 0 saturated heterocycles. The van der Waals surface area contributed by atoms with Gasteiger partial charge in [-0.25, -0.2) is 9.78 Å². The molecule has 0 radical (unpaired) electrons. The van der Waals surface area contributed by atoms with Crippen LogP contribution in [0.4, 0.5) is 0 Å². The molecule has 0 aliphatic heterocycles. The highest BCUT2D eigenvalue weighted by atomic mass is 35.5. The van der Waals surface area contributed by atoms with Crippen molar-refractivity contribution in [3.8, 4) is 0 Å². The Balaban J connectivity index is 2.34. The molecule has 1 aromatic carbocycles. The Kier molecular flexibility index (Phi) is 4.43. The van der Waals surface area contributed by atoms with Crippen molar-refractivity contribution in [2.24, 2.45) is 0 Å². The van der Waals surface area contributed by atoms with Gasteiger partial charge in [-0.1, -0.05) is 29.8 Å². The molecule has 6 heteroatoms. The number of benzene rings is 1. The molecular formula is C15H15ClN2O3. The molecule has 1 amide bonds. The van der Waals surface area contributed by atoms with Gasteiger partial charge in [0.2, 0.25) is 0 Å². The van der Waals surface area contributed by atoms with E-state index in [0.717, 1.165) is 0 Å². The van der Waals surface area contributed by atoms with Crippen LogP contribution < -0.4 is 0 Å². The topological polar surface area (TPSA) is 59.5 Å². The summed E-state index contributed by atoms with van der Waals surface area (Å²) in [5.41, 5.74) is 0.896. The number of amides is 1. The number of para-hydroxylation sites is 1. The molecule has 0 saturated carbocycles. The number of fused-ring (bicyclic) bond motifs is 1. The number of pyridine rings is 1. The maximum absolute atomic E-state index is 12.3. The molecule has 110 valence electrons. The fourth-order valence-corrected chi connectivity index (χ4v) is 2.15. The van der Waals surface area contributed by atoms with E-state index >= 15 is 0 Å². The monoisotopic (exact) mass is 306 g/mol. The highest BCUT2D eigenvalue weighted by molar-refractivity contribution is 6.30. The maximum atomic E-state index is 12.3. The van der Waals surface area contributed by atoms with Gasteiger partial charge in [0.25, 0.3) is 5.91 Å². The quantitative estimate of drug-likeness (QED) is 0.646. The molecule has 0 unspecified atom stereocenters. The number of hydrogen-bond donors (Lipinski definition) is 0. The molecule has 1 aromatic heterocycles. The molecule has 1 heterocycles. The minimum Gasteiger partial charge on any atom is -0.449 e. The molecule has 2 rings (SSSR count). The number of nitrogens with zero attached hydrogens (tertiary/aromatic N) is 2. The summed E-state index contributed by atoms with van der Waals surface area (Å²) < 4.78 is 5.21. The Labute approximate surface area is 127 Å². The van der Waals surface area contributed by atoms with Crippen LogP contribution in [0.5, 0.6) is 0 Å². The molecular weight excluding hydrogens is 292 g/mol. The third-order valence-corrected chi connectivity index (χ3v) is 3.17. The average molecular weight is 307 g/mol. The van der Waals surface area contributed by atoms with Gasteiger partial charge in [-0.3, -0.25) is 4.79 Å². The zero-order valence-corrected chi connectivity index (χ0v) is 12.7. The molecule has 5 nitrogen and oxygen atoms in total. The van der Waals surface area contributed by atoms with E-state index in [1.54, 1.807) is 38.4 Å². The normalized spacial score (nSPS) is 12.0. The van der Waals surface area contributed by atoms with E-state index in [1.165, 1.54) is 17.9 Å². The lowest BCUT2D eigenvalue weighted by atomic mass is 10.1. The highest BCUT2D eigenvalue weighted by Crippen LogP contribution is 2.22. The second kappa shape index (κ2) is 6.10. The minimum absolute atomic E-state index is 0.201. The number of hydrogen-bond acceptors (Lipinski definition) is 4. The summed E-state index contributed by atoms with van der Waals surface area (Å²) in [4.78, 5) is 29.5. The summed E-state index contributed by atoms with van der Waals surface area (Å²) in [5, 5.41) is 0.837. The van der Waals surface area contributed by atoms with Gasteiger partial charge in [0.1, 0.15) is 5.15 Å². The van der Waals surface area contributed by atoms with Crippen LogP contribution in [0.1, 0.15) is 17.3 Å². The van der Waals surface area contributed by atoms with Crippen LogP contribution >= 0.6 is 11.6 Å². The van der Waals surface area contributed by atoms with Crippen molar-refractivity contribution in [3.63, 3.8) is 0 Å². The predicted molar refractivity (Wildman–Crippen MR) is 80.3 cm³/mol. The summed E-state index contributed by atoms with van der Waals surface area (Å²) in [6.45, 7) is 1.53. The summed E-state index contributed by atoms with van der Waals surface area (Å²) in [6, 6.07) is 8.56. The Hall–Kier alpha value is -2.14. The van der Waals surface area contributed by atoms with Crippen LogP contribution in [0.3, 0.4) is 0 Å². The van der Waals surface area contributed by atoms with Gasteiger partial charge in [-0.2, -0.15) is 0 Å². The third kappa shape index (κ3) is 3.31. The van der Waals surface area contributed by atoms with Crippen molar-refractivity contribution < 1.29 is 14.3 Å². The van der Waals surface area contributed by atoms with E-state index in [4.69, 9.17) is 16.3 Å². The number of rotatable bonds is 3. The summed E-state index contributed by atoms with van der Waals surface area (Å²) in [5.74, 6) is -0.883. The van der Waals surface area contributed by atoms with E-state index in [2.05, 4.69) is 4.98 Å². The second-order valence-electron chi connectivity index (χ2n) is 4.79. The fraction of sp³-hybridized carbons (Fsp3) is 0.267. The molecule has 1 atom stereocenters. The Bertz CT molecular complexity index is 700. The third-order valence-electron chi connectivity index (χ3n) is 2.98. The van der Waals surface area contributed by atoms with Crippen molar-refractivity contribution in [2.75, 3.05) is 14.1 Å². The maximum Gasteiger partial charge on any atom is 0.339 e. The van der Waals surface area contributed by atoms with E-state index in [9.17, 15) is 9.59 Å². The van der Waals surface area contributed by atoms with Gasteiger partial charge >= 0.3 is 5.97 Å². The number of ether oxygens (including phenoxy) is 1. The first kappa shape index (κ1) is 15.3. The Morgan fingerprint density at radius 2 is 1.95 bits per heavy atom. The zero-order chi connectivity index (χ0) is 15.6. The van der Waals surface area contributed by atoms with E-state index in [0.29, 0.717) is 16.5 Å². The Morgan fingerprint density at radius 1 is 1.29 bits per heavy atom. The number of halogens is 1.